The normalized spacial score (nSPS) is 13.0. The SMILES string of the molecule is CC(C)(C)c1cc(CCC(=O)NCC[N+](C)(C)C)cc(C(C)(C)C)c1O. The highest BCUT2D eigenvalue weighted by atomic mass is 16.3. The fraction of sp³-hybridized carbons (Fsp3) is 0.682. The average molecular weight is 364 g/mol. The molecule has 0 aromatic heterocycles. The van der Waals surface area contributed by atoms with Gasteiger partial charge < -0.3 is 14.9 Å². The molecular weight excluding hydrogens is 324 g/mol. The van der Waals surface area contributed by atoms with Gasteiger partial charge in [0.05, 0.1) is 34.2 Å². The quantitative estimate of drug-likeness (QED) is 0.757. The number of amides is 1. The molecule has 1 aromatic rings. The Kier molecular flexibility index (Phi) is 6.92. The van der Waals surface area contributed by atoms with Gasteiger partial charge in [-0.2, -0.15) is 0 Å². The average Bonchev–Trinajstić information content (AvgIpc) is 2.42. The number of rotatable bonds is 6. The summed E-state index contributed by atoms with van der Waals surface area (Å²) in [7, 11) is 6.35. The Bertz CT molecular complexity index is 594. The molecule has 1 aromatic carbocycles. The Balaban J connectivity index is 2.91. The van der Waals surface area contributed by atoms with E-state index in [0.717, 1.165) is 27.7 Å². The van der Waals surface area contributed by atoms with Gasteiger partial charge in [0.15, 0.2) is 0 Å². The van der Waals surface area contributed by atoms with Crippen molar-refractivity contribution in [1.29, 1.82) is 0 Å². The number of phenolic OH excluding ortho intramolecular Hbond substituents is 1. The van der Waals surface area contributed by atoms with Crippen LogP contribution in [0.3, 0.4) is 0 Å². The van der Waals surface area contributed by atoms with Gasteiger partial charge in [0.25, 0.3) is 0 Å². The molecule has 0 atom stereocenters. The van der Waals surface area contributed by atoms with E-state index < -0.39 is 0 Å². The van der Waals surface area contributed by atoms with Crippen molar-refractivity contribution in [3.05, 3.63) is 28.8 Å². The van der Waals surface area contributed by atoms with Gasteiger partial charge in [-0.05, 0) is 33.9 Å². The van der Waals surface area contributed by atoms with Crippen LogP contribution < -0.4 is 5.32 Å². The number of nitrogens with zero attached hydrogens (tertiary/aromatic N) is 1. The number of aryl methyl sites for hydroxylation is 1. The van der Waals surface area contributed by atoms with E-state index in [-0.39, 0.29) is 16.7 Å². The van der Waals surface area contributed by atoms with Crippen LogP contribution in [0.1, 0.15) is 64.7 Å². The molecule has 0 bridgehead atoms. The Hall–Kier alpha value is -1.55. The van der Waals surface area contributed by atoms with Crippen molar-refractivity contribution >= 4 is 5.91 Å². The summed E-state index contributed by atoms with van der Waals surface area (Å²) >= 11 is 0. The third kappa shape index (κ3) is 6.99. The van der Waals surface area contributed by atoms with Crippen molar-refractivity contribution in [2.75, 3.05) is 34.2 Å². The lowest BCUT2D eigenvalue weighted by Crippen LogP contribution is -2.41. The molecule has 0 saturated heterocycles. The molecule has 0 radical (unpaired) electrons. The van der Waals surface area contributed by atoms with Gasteiger partial charge in [-0.3, -0.25) is 4.79 Å². The molecule has 1 rings (SSSR count). The molecule has 2 N–H and O–H groups in total. The first-order chi connectivity index (χ1) is 11.6. The van der Waals surface area contributed by atoms with E-state index in [1.165, 1.54) is 0 Å². The molecule has 0 fully saturated rings. The van der Waals surface area contributed by atoms with E-state index in [0.29, 0.717) is 25.1 Å². The largest absolute Gasteiger partial charge is 0.507 e. The van der Waals surface area contributed by atoms with Crippen LogP contribution in [0.15, 0.2) is 12.1 Å². The molecule has 0 spiro atoms. The van der Waals surface area contributed by atoms with Gasteiger partial charge in [-0.25, -0.2) is 0 Å². The molecule has 4 heteroatoms. The van der Waals surface area contributed by atoms with Crippen LogP contribution in [0, 0.1) is 0 Å². The first-order valence-electron chi connectivity index (χ1n) is 9.55. The van der Waals surface area contributed by atoms with Crippen molar-refractivity contribution in [2.24, 2.45) is 0 Å². The summed E-state index contributed by atoms with van der Waals surface area (Å²) in [6.07, 6.45) is 1.15. The highest BCUT2D eigenvalue weighted by molar-refractivity contribution is 5.76. The van der Waals surface area contributed by atoms with Gasteiger partial charge in [0, 0.05) is 6.42 Å². The zero-order valence-corrected chi connectivity index (χ0v) is 18.3. The predicted molar refractivity (Wildman–Crippen MR) is 110 cm³/mol. The highest BCUT2D eigenvalue weighted by Crippen LogP contribution is 2.39. The van der Waals surface area contributed by atoms with E-state index in [1.54, 1.807) is 0 Å². The van der Waals surface area contributed by atoms with Gasteiger partial charge in [0.1, 0.15) is 5.75 Å². The van der Waals surface area contributed by atoms with Crippen LogP contribution >= 0.6 is 0 Å². The molecule has 0 heterocycles. The maximum absolute atomic E-state index is 12.2. The third-order valence-electron chi connectivity index (χ3n) is 4.53. The number of nitrogens with one attached hydrogen (secondary N) is 1. The van der Waals surface area contributed by atoms with Crippen LogP contribution in [0.4, 0.5) is 0 Å². The van der Waals surface area contributed by atoms with Gasteiger partial charge in [-0.1, -0.05) is 53.7 Å². The number of likely N-dealkylation sites (N-methyl/N-ethyl adjacent to an activating group) is 1. The number of quaternary nitrogens is 1. The van der Waals surface area contributed by atoms with Crippen LogP contribution in [-0.4, -0.2) is 49.7 Å². The van der Waals surface area contributed by atoms with Crippen molar-refractivity contribution < 1.29 is 14.4 Å². The minimum Gasteiger partial charge on any atom is -0.507 e. The summed E-state index contributed by atoms with van der Waals surface area (Å²) < 4.78 is 0.835. The van der Waals surface area contributed by atoms with E-state index in [1.807, 2.05) is 0 Å². The first-order valence-corrected chi connectivity index (χ1v) is 9.55. The standard InChI is InChI=1S/C22H38N2O2/c1-21(2,3)17-14-16(15-18(20(17)26)22(4,5)6)10-11-19(25)23-12-13-24(7,8)9/h14-15H,10-13H2,1-9H3,(H-,23,25,26)/p+1. The van der Waals surface area contributed by atoms with Crippen LogP contribution in [0.25, 0.3) is 0 Å². The molecule has 0 unspecified atom stereocenters. The summed E-state index contributed by atoms with van der Waals surface area (Å²) in [6, 6.07) is 4.12. The fourth-order valence-electron chi connectivity index (χ4n) is 2.86. The minimum atomic E-state index is -0.146. The Morgan fingerprint density at radius 1 is 1.00 bits per heavy atom. The fourth-order valence-corrected chi connectivity index (χ4v) is 2.86. The van der Waals surface area contributed by atoms with Crippen LogP contribution in [0.5, 0.6) is 5.75 Å². The number of aromatic hydroxyl groups is 1. The summed E-state index contributed by atoms with van der Waals surface area (Å²) in [4.78, 5) is 12.2. The zero-order valence-electron chi connectivity index (χ0n) is 18.3. The zero-order chi connectivity index (χ0) is 20.3. The molecule has 4 nitrogen and oxygen atoms in total. The third-order valence-corrected chi connectivity index (χ3v) is 4.53. The molecule has 0 saturated carbocycles. The number of carbonyl (C=O) groups excluding carboxylic acids is 1. The maximum Gasteiger partial charge on any atom is 0.220 e. The number of benzene rings is 1. The number of hydrogen-bond donors (Lipinski definition) is 2. The lowest BCUT2D eigenvalue weighted by molar-refractivity contribution is -0.869. The second kappa shape index (κ2) is 7.99. The molecule has 0 aliphatic rings. The van der Waals surface area contributed by atoms with Gasteiger partial charge >= 0.3 is 0 Å². The van der Waals surface area contributed by atoms with Crippen molar-refractivity contribution in [3.63, 3.8) is 0 Å². The second-order valence-corrected chi connectivity index (χ2v) is 10.4. The van der Waals surface area contributed by atoms with E-state index in [2.05, 4.69) is 80.1 Å². The summed E-state index contributed by atoms with van der Waals surface area (Å²) in [5.74, 6) is 0.474. The molecule has 148 valence electrons. The number of hydrogen-bond acceptors (Lipinski definition) is 2. The van der Waals surface area contributed by atoms with Gasteiger partial charge in [-0.15, -0.1) is 0 Å². The second-order valence-electron chi connectivity index (χ2n) is 10.4. The van der Waals surface area contributed by atoms with Crippen LogP contribution in [-0.2, 0) is 22.0 Å². The smallest absolute Gasteiger partial charge is 0.220 e. The van der Waals surface area contributed by atoms with Gasteiger partial charge in [0.2, 0.25) is 5.91 Å². The summed E-state index contributed by atoms with van der Waals surface area (Å²) in [5, 5.41) is 13.8. The van der Waals surface area contributed by atoms with Crippen molar-refractivity contribution in [1.82, 2.24) is 5.32 Å². The number of carbonyl (C=O) groups is 1. The Morgan fingerprint density at radius 2 is 1.46 bits per heavy atom. The summed E-state index contributed by atoms with van der Waals surface area (Å²) in [5.41, 5.74) is 2.72. The maximum atomic E-state index is 12.2. The molecule has 26 heavy (non-hydrogen) atoms. The van der Waals surface area contributed by atoms with Crippen molar-refractivity contribution in [2.45, 2.75) is 65.2 Å². The topological polar surface area (TPSA) is 49.3 Å². The van der Waals surface area contributed by atoms with E-state index in [4.69, 9.17) is 0 Å². The highest BCUT2D eigenvalue weighted by Gasteiger charge is 2.26. The number of phenols is 1. The Labute approximate surface area is 160 Å². The lowest BCUT2D eigenvalue weighted by Gasteiger charge is -2.28. The Morgan fingerprint density at radius 3 is 1.85 bits per heavy atom. The van der Waals surface area contributed by atoms with E-state index in [9.17, 15) is 9.90 Å². The molecule has 0 aliphatic heterocycles. The van der Waals surface area contributed by atoms with E-state index >= 15 is 0 Å². The molecule has 1 amide bonds. The van der Waals surface area contributed by atoms with Crippen LogP contribution in [0.2, 0.25) is 0 Å². The molecule has 0 aliphatic carbocycles. The lowest BCUT2D eigenvalue weighted by atomic mass is 9.78. The monoisotopic (exact) mass is 363 g/mol. The summed E-state index contributed by atoms with van der Waals surface area (Å²) in [6.45, 7) is 14.2. The molecular formula is C22H39N2O2+. The van der Waals surface area contributed by atoms with Crippen molar-refractivity contribution in [3.8, 4) is 5.75 Å². The first kappa shape index (κ1) is 22.5. The minimum absolute atomic E-state index is 0.0844. The predicted octanol–water partition coefficient (Wildman–Crippen LogP) is 3.74.